The van der Waals surface area contributed by atoms with Crippen LogP contribution in [-0.2, 0) is 11.2 Å². The van der Waals surface area contributed by atoms with Crippen LogP contribution in [0.3, 0.4) is 0 Å². The van der Waals surface area contributed by atoms with Gasteiger partial charge in [-0.05, 0) is 38.0 Å². The molecule has 112 valence electrons. The van der Waals surface area contributed by atoms with E-state index in [0.29, 0.717) is 0 Å². The maximum Gasteiger partial charge on any atom is 0.247 e. The Morgan fingerprint density at radius 2 is 2.38 bits per heavy atom. The zero-order valence-electron chi connectivity index (χ0n) is 12.5. The number of rotatable bonds is 4. The van der Waals surface area contributed by atoms with Gasteiger partial charge in [0.2, 0.25) is 5.91 Å². The van der Waals surface area contributed by atoms with Crippen molar-refractivity contribution >= 4 is 5.91 Å². The summed E-state index contributed by atoms with van der Waals surface area (Å²) in [6.07, 6.45) is 6.39. The number of carbonyl (C=O) groups is 1. The molecule has 2 aromatic rings. The number of nitrogens with zero attached hydrogens (tertiary/aromatic N) is 3. The van der Waals surface area contributed by atoms with Crippen molar-refractivity contribution in [2.45, 2.75) is 45.2 Å². The first-order chi connectivity index (χ1) is 10.2. The van der Waals surface area contributed by atoms with Crippen LogP contribution in [0.1, 0.15) is 50.3 Å². The van der Waals surface area contributed by atoms with E-state index in [2.05, 4.69) is 12.0 Å². The second kappa shape index (κ2) is 5.76. The standard InChI is InChI=1S/C16H21N3O2/c1-3-13-7-8-15(21-13)14-6-4-10-18(14)16(20)12(2)19-11-5-9-17-19/h5,7-9,11-12,14H,3-4,6,10H2,1-2H3/t12-,14-/m1/s1. The number of hydrogen-bond donors (Lipinski definition) is 0. The summed E-state index contributed by atoms with van der Waals surface area (Å²) in [6.45, 7) is 4.75. The van der Waals surface area contributed by atoms with Gasteiger partial charge in [-0.2, -0.15) is 5.10 Å². The summed E-state index contributed by atoms with van der Waals surface area (Å²) in [5.41, 5.74) is 0. The molecule has 1 amide bonds. The van der Waals surface area contributed by atoms with Gasteiger partial charge in [0.1, 0.15) is 17.6 Å². The molecule has 0 aromatic carbocycles. The molecular weight excluding hydrogens is 266 g/mol. The average Bonchev–Trinajstić information content (AvgIpc) is 3.24. The SMILES string of the molecule is CCc1ccc([C@H]2CCCN2C(=O)[C@@H](C)n2cccn2)o1. The van der Waals surface area contributed by atoms with Gasteiger partial charge in [-0.1, -0.05) is 6.92 Å². The summed E-state index contributed by atoms with van der Waals surface area (Å²) in [5, 5.41) is 4.17. The van der Waals surface area contributed by atoms with Gasteiger partial charge in [-0.25, -0.2) is 0 Å². The van der Waals surface area contributed by atoms with Gasteiger partial charge in [-0.15, -0.1) is 0 Å². The van der Waals surface area contributed by atoms with Crippen LogP contribution in [0.5, 0.6) is 0 Å². The molecule has 0 unspecified atom stereocenters. The number of furan rings is 1. The van der Waals surface area contributed by atoms with Crippen LogP contribution in [0.25, 0.3) is 0 Å². The summed E-state index contributed by atoms with van der Waals surface area (Å²) in [5.74, 6) is 1.99. The zero-order valence-corrected chi connectivity index (χ0v) is 12.5. The minimum absolute atomic E-state index is 0.0656. The maximum absolute atomic E-state index is 12.7. The first-order valence-corrected chi connectivity index (χ1v) is 7.59. The van der Waals surface area contributed by atoms with E-state index in [1.807, 2.05) is 36.2 Å². The Balaban J connectivity index is 1.78. The first kappa shape index (κ1) is 13.9. The Morgan fingerprint density at radius 3 is 3.05 bits per heavy atom. The molecule has 1 saturated heterocycles. The van der Waals surface area contributed by atoms with Crippen molar-refractivity contribution in [1.29, 1.82) is 0 Å². The monoisotopic (exact) mass is 287 g/mol. The van der Waals surface area contributed by atoms with Crippen molar-refractivity contribution in [2.75, 3.05) is 6.54 Å². The van der Waals surface area contributed by atoms with E-state index in [-0.39, 0.29) is 18.0 Å². The van der Waals surface area contributed by atoms with E-state index >= 15 is 0 Å². The van der Waals surface area contributed by atoms with Crippen molar-refractivity contribution in [3.63, 3.8) is 0 Å². The number of aromatic nitrogens is 2. The zero-order chi connectivity index (χ0) is 14.8. The quantitative estimate of drug-likeness (QED) is 0.868. The van der Waals surface area contributed by atoms with Gasteiger partial charge >= 0.3 is 0 Å². The van der Waals surface area contributed by atoms with E-state index in [9.17, 15) is 4.79 Å². The minimum Gasteiger partial charge on any atom is -0.464 e. The van der Waals surface area contributed by atoms with E-state index in [1.54, 1.807) is 10.9 Å². The molecule has 0 spiro atoms. The molecule has 3 rings (SSSR count). The third-order valence-corrected chi connectivity index (χ3v) is 4.17. The Labute approximate surface area is 124 Å². The van der Waals surface area contributed by atoms with E-state index in [0.717, 1.165) is 37.3 Å². The smallest absolute Gasteiger partial charge is 0.247 e. The third-order valence-electron chi connectivity index (χ3n) is 4.17. The summed E-state index contributed by atoms with van der Waals surface area (Å²) in [7, 11) is 0. The minimum atomic E-state index is -0.277. The fourth-order valence-corrected chi connectivity index (χ4v) is 2.95. The van der Waals surface area contributed by atoms with Gasteiger partial charge in [0.05, 0.1) is 6.04 Å². The molecule has 21 heavy (non-hydrogen) atoms. The molecule has 1 fully saturated rings. The van der Waals surface area contributed by atoms with Crippen molar-refractivity contribution in [1.82, 2.24) is 14.7 Å². The Morgan fingerprint density at radius 1 is 1.52 bits per heavy atom. The lowest BCUT2D eigenvalue weighted by Gasteiger charge is -2.26. The topological polar surface area (TPSA) is 51.3 Å². The van der Waals surface area contributed by atoms with E-state index in [1.165, 1.54) is 0 Å². The van der Waals surface area contributed by atoms with Crippen LogP contribution in [-0.4, -0.2) is 27.1 Å². The molecule has 0 bridgehead atoms. The lowest BCUT2D eigenvalue weighted by Crippen LogP contribution is -2.35. The molecule has 0 N–H and O–H groups in total. The predicted octanol–water partition coefficient (Wildman–Crippen LogP) is 2.96. The molecular formula is C16H21N3O2. The largest absolute Gasteiger partial charge is 0.464 e. The second-order valence-electron chi connectivity index (χ2n) is 5.51. The molecule has 5 nitrogen and oxygen atoms in total. The Kier molecular flexibility index (Phi) is 3.82. The van der Waals surface area contributed by atoms with Crippen molar-refractivity contribution in [3.8, 4) is 0 Å². The van der Waals surface area contributed by atoms with Gasteiger partial charge in [0.15, 0.2) is 0 Å². The number of hydrogen-bond acceptors (Lipinski definition) is 3. The highest BCUT2D eigenvalue weighted by atomic mass is 16.3. The number of likely N-dealkylation sites (tertiary alicyclic amines) is 1. The fraction of sp³-hybridized carbons (Fsp3) is 0.500. The van der Waals surface area contributed by atoms with E-state index < -0.39 is 0 Å². The Bertz CT molecular complexity index is 603. The summed E-state index contributed by atoms with van der Waals surface area (Å²) in [4.78, 5) is 14.7. The van der Waals surface area contributed by atoms with Gasteiger partial charge in [0.25, 0.3) is 0 Å². The number of amides is 1. The molecule has 0 saturated carbocycles. The lowest BCUT2D eigenvalue weighted by atomic mass is 10.1. The Hall–Kier alpha value is -2.04. The van der Waals surface area contributed by atoms with Crippen LogP contribution in [0.4, 0.5) is 0 Å². The van der Waals surface area contributed by atoms with E-state index in [4.69, 9.17) is 4.42 Å². The molecule has 1 aliphatic rings. The van der Waals surface area contributed by atoms with Gasteiger partial charge in [-0.3, -0.25) is 9.48 Å². The molecule has 5 heteroatoms. The summed E-state index contributed by atoms with van der Waals surface area (Å²) < 4.78 is 7.56. The molecule has 0 aliphatic carbocycles. The fourth-order valence-electron chi connectivity index (χ4n) is 2.95. The third kappa shape index (κ3) is 2.60. The van der Waals surface area contributed by atoms with Crippen LogP contribution in [0.15, 0.2) is 35.0 Å². The van der Waals surface area contributed by atoms with Gasteiger partial charge < -0.3 is 9.32 Å². The highest BCUT2D eigenvalue weighted by molar-refractivity contribution is 5.80. The normalized spacial score (nSPS) is 19.9. The number of carbonyl (C=O) groups excluding carboxylic acids is 1. The van der Waals surface area contributed by atoms with Gasteiger partial charge in [0, 0.05) is 25.4 Å². The predicted molar refractivity (Wildman–Crippen MR) is 78.7 cm³/mol. The van der Waals surface area contributed by atoms with Crippen LogP contribution < -0.4 is 0 Å². The maximum atomic E-state index is 12.7. The highest BCUT2D eigenvalue weighted by Crippen LogP contribution is 2.34. The van der Waals surface area contributed by atoms with Crippen molar-refractivity contribution in [2.24, 2.45) is 0 Å². The molecule has 2 aromatic heterocycles. The average molecular weight is 287 g/mol. The summed E-state index contributed by atoms with van der Waals surface area (Å²) >= 11 is 0. The van der Waals surface area contributed by atoms with Crippen LogP contribution >= 0.6 is 0 Å². The van der Waals surface area contributed by atoms with Crippen molar-refractivity contribution < 1.29 is 9.21 Å². The second-order valence-corrected chi connectivity index (χ2v) is 5.51. The van der Waals surface area contributed by atoms with Crippen LogP contribution in [0, 0.1) is 0 Å². The number of aryl methyl sites for hydroxylation is 1. The molecule has 2 atom stereocenters. The van der Waals surface area contributed by atoms with Crippen LogP contribution in [0.2, 0.25) is 0 Å². The first-order valence-electron chi connectivity index (χ1n) is 7.59. The lowest BCUT2D eigenvalue weighted by molar-refractivity contribution is -0.135. The molecule has 1 aliphatic heterocycles. The molecule has 3 heterocycles. The highest BCUT2D eigenvalue weighted by Gasteiger charge is 2.34. The van der Waals surface area contributed by atoms with Crippen molar-refractivity contribution in [3.05, 3.63) is 42.1 Å². The summed E-state index contributed by atoms with van der Waals surface area (Å²) in [6, 6.07) is 5.64. The molecule has 0 radical (unpaired) electrons.